The molecular formula is C20H32N4O. The third-order valence-electron chi connectivity index (χ3n) is 5.60. The molecule has 2 aliphatic rings. The Hall–Kier alpha value is -1.59. The van der Waals surface area contributed by atoms with Crippen LogP contribution >= 0.6 is 0 Å². The molecule has 5 heteroatoms. The van der Waals surface area contributed by atoms with Crippen molar-refractivity contribution in [1.82, 2.24) is 15.1 Å². The van der Waals surface area contributed by atoms with Crippen LogP contribution in [0.2, 0.25) is 0 Å². The summed E-state index contributed by atoms with van der Waals surface area (Å²) in [5.74, 6) is 0.998. The molecule has 2 heterocycles. The number of amides is 1. The molecule has 25 heavy (non-hydrogen) atoms. The molecule has 0 aromatic heterocycles. The molecule has 2 saturated heterocycles. The summed E-state index contributed by atoms with van der Waals surface area (Å²) in [6.07, 6.45) is 2.96. The van der Waals surface area contributed by atoms with Crippen LogP contribution < -0.4 is 10.2 Å². The van der Waals surface area contributed by atoms with Gasteiger partial charge in [-0.15, -0.1) is 0 Å². The molecule has 1 atom stereocenters. The maximum absolute atomic E-state index is 12.3. The Labute approximate surface area is 152 Å². The lowest BCUT2D eigenvalue weighted by molar-refractivity contribution is -0.130. The van der Waals surface area contributed by atoms with Crippen molar-refractivity contribution in [3.63, 3.8) is 0 Å². The zero-order valence-electron chi connectivity index (χ0n) is 15.5. The van der Waals surface area contributed by atoms with Crippen molar-refractivity contribution in [2.45, 2.75) is 19.3 Å². The van der Waals surface area contributed by atoms with Crippen molar-refractivity contribution in [1.29, 1.82) is 0 Å². The smallest absolute Gasteiger partial charge is 0.222 e. The van der Waals surface area contributed by atoms with Gasteiger partial charge < -0.3 is 15.1 Å². The number of carbonyl (C=O) groups is 1. The molecule has 0 spiro atoms. The first-order chi connectivity index (χ1) is 12.2. The van der Waals surface area contributed by atoms with E-state index < -0.39 is 0 Å². The van der Waals surface area contributed by atoms with E-state index >= 15 is 0 Å². The van der Waals surface area contributed by atoms with Gasteiger partial charge in [-0.25, -0.2) is 0 Å². The molecule has 0 aliphatic carbocycles. The van der Waals surface area contributed by atoms with E-state index in [1.54, 1.807) is 0 Å². The highest BCUT2D eigenvalue weighted by Crippen LogP contribution is 2.16. The Kier molecular flexibility index (Phi) is 6.70. The van der Waals surface area contributed by atoms with Gasteiger partial charge >= 0.3 is 0 Å². The predicted molar refractivity (Wildman–Crippen MR) is 103 cm³/mol. The zero-order chi connectivity index (χ0) is 17.5. The molecule has 1 amide bonds. The van der Waals surface area contributed by atoms with Gasteiger partial charge in [-0.2, -0.15) is 0 Å². The summed E-state index contributed by atoms with van der Waals surface area (Å²) < 4.78 is 0. The van der Waals surface area contributed by atoms with Crippen LogP contribution in [0.4, 0.5) is 5.69 Å². The predicted octanol–water partition coefficient (Wildman–Crippen LogP) is 1.66. The van der Waals surface area contributed by atoms with E-state index in [2.05, 4.69) is 45.4 Å². The van der Waals surface area contributed by atoms with Crippen LogP contribution in [0.5, 0.6) is 0 Å². The number of hydrogen-bond donors (Lipinski definition) is 1. The Bertz CT molecular complexity index is 522. The normalized spacial score (nSPS) is 21.5. The lowest BCUT2D eigenvalue weighted by Gasteiger charge is -2.36. The highest BCUT2D eigenvalue weighted by Gasteiger charge is 2.19. The second-order valence-corrected chi connectivity index (χ2v) is 7.38. The summed E-state index contributed by atoms with van der Waals surface area (Å²) >= 11 is 0. The highest BCUT2D eigenvalue weighted by molar-refractivity contribution is 5.75. The largest absolute Gasteiger partial charge is 0.369 e. The number of piperazine rings is 1. The summed E-state index contributed by atoms with van der Waals surface area (Å²) in [4.78, 5) is 19.1. The maximum atomic E-state index is 12.3. The molecule has 5 nitrogen and oxygen atoms in total. The molecule has 2 aliphatic heterocycles. The summed E-state index contributed by atoms with van der Waals surface area (Å²) in [5, 5.41) is 3.37. The fourth-order valence-electron chi connectivity index (χ4n) is 3.76. The van der Waals surface area contributed by atoms with Crippen LogP contribution in [-0.2, 0) is 4.79 Å². The Balaban J connectivity index is 1.32. The monoisotopic (exact) mass is 344 g/mol. The van der Waals surface area contributed by atoms with Crippen LogP contribution in [0.15, 0.2) is 30.3 Å². The van der Waals surface area contributed by atoms with Gasteiger partial charge in [-0.05, 0) is 44.0 Å². The van der Waals surface area contributed by atoms with Crippen molar-refractivity contribution in [3.05, 3.63) is 30.3 Å². The van der Waals surface area contributed by atoms with Gasteiger partial charge in [-0.3, -0.25) is 9.69 Å². The molecule has 1 aromatic carbocycles. The Morgan fingerprint density at radius 3 is 2.64 bits per heavy atom. The number of anilines is 1. The van der Waals surface area contributed by atoms with Crippen molar-refractivity contribution in [2.24, 2.45) is 5.92 Å². The quantitative estimate of drug-likeness (QED) is 0.816. The van der Waals surface area contributed by atoms with Gasteiger partial charge in [0.2, 0.25) is 5.91 Å². The minimum absolute atomic E-state index is 0.301. The molecule has 0 radical (unpaired) electrons. The molecular weight excluding hydrogens is 312 g/mol. The van der Waals surface area contributed by atoms with Crippen LogP contribution in [0, 0.1) is 5.92 Å². The van der Waals surface area contributed by atoms with E-state index in [0.29, 0.717) is 18.2 Å². The lowest BCUT2D eigenvalue weighted by Crippen LogP contribution is -2.48. The first-order valence-electron chi connectivity index (χ1n) is 9.69. The molecule has 3 rings (SSSR count). The van der Waals surface area contributed by atoms with Gasteiger partial charge in [0.15, 0.2) is 0 Å². The number of benzene rings is 1. The van der Waals surface area contributed by atoms with Crippen molar-refractivity contribution >= 4 is 11.6 Å². The van der Waals surface area contributed by atoms with E-state index in [4.69, 9.17) is 0 Å². The topological polar surface area (TPSA) is 38.8 Å². The van der Waals surface area contributed by atoms with E-state index in [0.717, 1.165) is 58.8 Å². The SMILES string of the molecule is CN(CCN1CCN(c2ccccc2)CC1)C(=O)CCC1CCNC1. The average Bonchev–Trinajstić information content (AvgIpc) is 3.19. The van der Waals surface area contributed by atoms with E-state index in [-0.39, 0.29) is 0 Å². The number of rotatable bonds is 7. The standard InChI is InChI=1S/C20H32N4O/c1-22(20(25)8-7-18-9-10-21-17-18)11-12-23-13-15-24(16-14-23)19-5-3-2-4-6-19/h2-6,18,21H,7-17H2,1H3. The number of carbonyl (C=O) groups excluding carboxylic acids is 1. The first-order valence-corrected chi connectivity index (χ1v) is 9.69. The van der Waals surface area contributed by atoms with E-state index in [1.807, 2.05) is 11.9 Å². The lowest BCUT2D eigenvalue weighted by atomic mass is 10.0. The summed E-state index contributed by atoms with van der Waals surface area (Å²) in [7, 11) is 1.95. The second kappa shape index (κ2) is 9.20. The number of para-hydroxylation sites is 1. The maximum Gasteiger partial charge on any atom is 0.222 e. The fourth-order valence-corrected chi connectivity index (χ4v) is 3.76. The van der Waals surface area contributed by atoms with Crippen LogP contribution in [-0.4, -0.2) is 75.1 Å². The third-order valence-corrected chi connectivity index (χ3v) is 5.60. The number of nitrogens with zero attached hydrogens (tertiary/aromatic N) is 3. The molecule has 1 aromatic rings. The van der Waals surface area contributed by atoms with Gasteiger partial charge in [0.25, 0.3) is 0 Å². The molecule has 1 unspecified atom stereocenters. The van der Waals surface area contributed by atoms with Crippen molar-refractivity contribution < 1.29 is 4.79 Å². The molecule has 0 bridgehead atoms. The van der Waals surface area contributed by atoms with Crippen molar-refractivity contribution in [2.75, 3.05) is 64.3 Å². The van der Waals surface area contributed by atoms with Gasteiger partial charge in [0, 0.05) is 58.4 Å². The van der Waals surface area contributed by atoms with Crippen LogP contribution in [0.3, 0.4) is 0 Å². The average molecular weight is 345 g/mol. The number of hydrogen-bond acceptors (Lipinski definition) is 4. The molecule has 138 valence electrons. The first kappa shape index (κ1) is 18.2. The third kappa shape index (κ3) is 5.44. The van der Waals surface area contributed by atoms with Gasteiger partial charge in [-0.1, -0.05) is 18.2 Å². The minimum atomic E-state index is 0.301. The highest BCUT2D eigenvalue weighted by atomic mass is 16.2. The molecule has 2 fully saturated rings. The summed E-state index contributed by atoms with van der Waals surface area (Å²) in [5.41, 5.74) is 1.32. The number of likely N-dealkylation sites (N-methyl/N-ethyl adjacent to an activating group) is 1. The van der Waals surface area contributed by atoms with Gasteiger partial charge in [0.1, 0.15) is 0 Å². The van der Waals surface area contributed by atoms with Crippen molar-refractivity contribution in [3.8, 4) is 0 Å². The minimum Gasteiger partial charge on any atom is -0.369 e. The summed E-state index contributed by atoms with van der Waals surface area (Å²) in [6.45, 7) is 8.30. The molecule has 0 saturated carbocycles. The molecule has 1 N–H and O–H groups in total. The van der Waals surface area contributed by atoms with E-state index in [9.17, 15) is 4.79 Å². The van der Waals surface area contributed by atoms with Crippen LogP contribution in [0.1, 0.15) is 19.3 Å². The second-order valence-electron chi connectivity index (χ2n) is 7.38. The Morgan fingerprint density at radius 1 is 1.20 bits per heavy atom. The zero-order valence-corrected chi connectivity index (χ0v) is 15.5. The van der Waals surface area contributed by atoms with Crippen LogP contribution in [0.25, 0.3) is 0 Å². The summed E-state index contributed by atoms with van der Waals surface area (Å²) in [6, 6.07) is 10.6. The Morgan fingerprint density at radius 2 is 1.96 bits per heavy atom. The van der Waals surface area contributed by atoms with Gasteiger partial charge in [0.05, 0.1) is 0 Å². The van der Waals surface area contributed by atoms with E-state index in [1.165, 1.54) is 12.1 Å². The number of nitrogens with one attached hydrogen (secondary N) is 1. The fraction of sp³-hybridized carbons (Fsp3) is 0.650.